The highest BCUT2D eigenvalue weighted by Gasteiger charge is 2.71. The lowest BCUT2D eigenvalue weighted by Crippen LogP contribution is -2.69. The van der Waals surface area contributed by atoms with Crippen LogP contribution in [0.5, 0.6) is 0 Å². The van der Waals surface area contributed by atoms with Crippen molar-refractivity contribution >= 4 is 5.78 Å². The van der Waals surface area contributed by atoms with E-state index in [-0.39, 0.29) is 11.0 Å². The Bertz CT molecular complexity index is 612. The summed E-state index contributed by atoms with van der Waals surface area (Å²) < 4.78 is 12.4. The van der Waals surface area contributed by atoms with Gasteiger partial charge in [0.1, 0.15) is 12.6 Å². The summed E-state index contributed by atoms with van der Waals surface area (Å²) in [6, 6.07) is 0. The predicted octanol–water partition coefficient (Wildman–Crippen LogP) is 4.73. The Morgan fingerprint density at radius 2 is 1.84 bits per heavy atom. The molecule has 0 unspecified atom stereocenters. The molecule has 1 spiro atoms. The maximum atomic E-state index is 12.4. The lowest BCUT2D eigenvalue weighted by Gasteiger charge is -2.70. The summed E-state index contributed by atoms with van der Waals surface area (Å²) in [5.74, 6) is 2.34. The van der Waals surface area contributed by atoms with Crippen LogP contribution in [-0.2, 0) is 14.3 Å². The van der Waals surface area contributed by atoms with Crippen LogP contribution in [0.3, 0.4) is 0 Å². The van der Waals surface area contributed by atoms with Crippen molar-refractivity contribution in [2.75, 3.05) is 6.79 Å². The minimum atomic E-state index is -0.145. The Labute approximate surface area is 152 Å². The van der Waals surface area contributed by atoms with Crippen LogP contribution in [0.15, 0.2) is 0 Å². The molecular formula is C22H34O3. The zero-order chi connectivity index (χ0) is 17.7. The number of hydrogen-bond acceptors (Lipinski definition) is 3. The molecule has 0 aromatic rings. The molecule has 140 valence electrons. The summed E-state index contributed by atoms with van der Waals surface area (Å²) in [5, 5.41) is 0. The molecule has 5 fully saturated rings. The van der Waals surface area contributed by atoms with Gasteiger partial charge in [-0.3, -0.25) is 4.79 Å². The summed E-state index contributed by atoms with van der Waals surface area (Å²) in [5.41, 5.74) is 0.652. The van der Waals surface area contributed by atoms with Crippen LogP contribution in [0.25, 0.3) is 0 Å². The van der Waals surface area contributed by atoms with Crippen molar-refractivity contribution in [3.8, 4) is 0 Å². The molecule has 3 heteroatoms. The highest BCUT2D eigenvalue weighted by Crippen LogP contribution is 2.75. The van der Waals surface area contributed by atoms with Gasteiger partial charge in [0.15, 0.2) is 0 Å². The molecule has 0 N–H and O–H groups in total. The summed E-state index contributed by atoms with van der Waals surface area (Å²) in [6.07, 6.45) is 9.67. The first-order chi connectivity index (χ1) is 11.7. The van der Waals surface area contributed by atoms with Crippen LogP contribution in [0.2, 0.25) is 0 Å². The van der Waals surface area contributed by atoms with Crippen molar-refractivity contribution in [2.24, 2.45) is 34.0 Å². The normalized spacial score (nSPS) is 56.7. The summed E-state index contributed by atoms with van der Waals surface area (Å²) >= 11 is 0. The van der Waals surface area contributed by atoms with Crippen LogP contribution >= 0.6 is 0 Å². The van der Waals surface area contributed by atoms with Gasteiger partial charge >= 0.3 is 0 Å². The highest BCUT2D eigenvalue weighted by molar-refractivity contribution is 5.82. The number of ether oxygens (including phenoxy) is 2. The molecule has 0 amide bonds. The third-order valence-electron chi connectivity index (χ3n) is 10.2. The van der Waals surface area contributed by atoms with E-state index in [2.05, 4.69) is 27.7 Å². The first kappa shape index (κ1) is 16.7. The number of rotatable bonds is 0. The monoisotopic (exact) mass is 346 g/mol. The molecule has 0 aromatic heterocycles. The highest BCUT2D eigenvalue weighted by atomic mass is 16.7. The van der Waals surface area contributed by atoms with Gasteiger partial charge in [-0.15, -0.1) is 0 Å². The van der Waals surface area contributed by atoms with Crippen LogP contribution in [0.1, 0.15) is 79.1 Å². The van der Waals surface area contributed by atoms with E-state index in [0.717, 1.165) is 25.2 Å². The molecule has 4 aliphatic carbocycles. The van der Waals surface area contributed by atoms with E-state index in [1.54, 1.807) is 0 Å². The Kier molecular flexibility index (Phi) is 3.28. The van der Waals surface area contributed by atoms with E-state index < -0.39 is 0 Å². The fraction of sp³-hybridized carbons (Fsp3) is 0.955. The maximum absolute atomic E-state index is 12.4. The van der Waals surface area contributed by atoms with Gasteiger partial charge < -0.3 is 9.47 Å². The second-order valence-corrected chi connectivity index (χ2v) is 10.8. The van der Waals surface area contributed by atoms with Crippen molar-refractivity contribution in [3.63, 3.8) is 0 Å². The third-order valence-corrected chi connectivity index (χ3v) is 10.2. The van der Waals surface area contributed by atoms with Gasteiger partial charge in [0.25, 0.3) is 0 Å². The quantitative estimate of drug-likeness (QED) is 0.636. The summed E-state index contributed by atoms with van der Waals surface area (Å²) in [7, 11) is 0. The van der Waals surface area contributed by atoms with Gasteiger partial charge in [0.2, 0.25) is 0 Å². The van der Waals surface area contributed by atoms with Crippen LogP contribution < -0.4 is 0 Å². The molecule has 5 rings (SSSR count). The Morgan fingerprint density at radius 3 is 2.64 bits per heavy atom. The average molecular weight is 347 g/mol. The first-order valence-corrected chi connectivity index (χ1v) is 10.5. The second-order valence-electron chi connectivity index (χ2n) is 10.8. The van der Waals surface area contributed by atoms with E-state index in [4.69, 9.17) is 9.47 Å². The Morgan fingerprint density at radius 1 is 1.04 bits per heavy atom. The zero-order valence-electron chi connectivity index (χ0n) is 16.4. The summed E-state index contributed by atoms with van der Waals surface area (Å²) in [4.78, 5) is 12.4. The van der Waals surface area contributed by atoms with Crippen molar-refractivity contribution in [1.82, 2.24) is 0 Å². The molecular weight excluding hydrogens is 312 g/mol. The standard InChI is InChI=1S/C22H34O3/c1-19(2)21(4)17-6-5-15-11-14-12-22(15,10-7-16(14)23)20(17,3)9-8-18(21)24-13-25-19/h14-15,17-18H,5-13H2,1-4H3/t14-,15+,17-,18-,20+,21+,22+/m1/s1. The minimum Gasteiger partial charge on any atom is -0.351 e. The number of ketones is 1. The molecule has 7 atom stereocenters. The Hall–Kier alpha value is -0.410. The number of carbonyl (C=O) groups excluding carboxylic acids is 1. The van der Waals surface area contributed by atoms with Gasteiger partial charge in [-0.25, -0.2) is 0 Å². The first-order valence-electron chi connectivity index (χ1n) is 10.5. The van der Waals surface area contributed by atoms with Gasteiger partial charge in [0, 0.05) is 17.8 Å². The van der Waals surface area contributed by atoms with Crippen molar-refractivity contribution in [1.29, 1.82) is 0 Å². The minimum absolute atomic E-state index is 0.0670. The molecule has 4 saturated carbocycles. The van der Waals surface area contributed by atoms with Crippen molar-refractivity contribution in [2.45, 2.75) is 90.8 Å². The van der Waals surface area contributed by atoms with E-state index in [1.807, 2.05) is 0 Å². The van der Waals surface area contributed by atoms with Crippen LogP contribution in [0.4, 0.5) is 0 Å². The molecule has 25 heavy (non-hydrogen) atoms. The number of fused-ring (bicyclic) bond motifs is 4. The second kappa shape index (κ2) is 4.90. The van der Waals surface area contributed by atoms with E-state index in [0.29, 0.717) is 41.3 Å². The number of hydrogen-bond donors (Lipinski definition) is 0. The fourth-order valence-corrected chi connectivity index (χ4v) is 8.60. The smallest absolute Gasteiger partial charge is 0.147 e. The van der Waals surface area contributed by atoms with Crippen molar-refractivity contribution in [3.05, 3.63) is 0 Å². The molecule has 3 nitrogen and oxygen atoms in total. The molecule has 5 aliphatic rings. The van der Waals surface area contributed by atoms with Gasteiger partial charge in [-0.2, -0.15) is 0 Å². The number of carbonyl (C=O) groups is 1. The molecule has 2 bridgehead atoms. The zero-order valence-corrected chi connectivity index (χ0v) is 16.4. The fourth-order valence-electron chi connectivity index (χ4n) is 8.60. The largest absolute Gasteiger partial charge is 0.351 e. The van der Waals surface area contributed by atoms with Crippen molar-refractivity contribution < 1.29 is 14.3 Å². The molecule has 1 saturated heterocycles. The van der Waals surface area contributed by atoms with Crippen LogP contribution in [0, 0.1) is 34.0 Å². The van der Waals surface area contributed by atoms with E-state index >= 15 is 0 Å². The van der Waals surface area contributed by atoms with Crippen LogP contribution in [-0.4, -0.2) is 24.3 Å². The summed E-state index contributed by atoms with van der Waals surface area (Å²) in [6.45, 7) is 10.1. The van der Waals surface area contributed by atoms with E-state index in [9.17, 15) is 4.79 Å². The number of Topliss-reactive ketones (excluding diaryl/α,β-unsaturated/α-hetero) is 1. The maximum Gasteiger partial charge on any atom is 0.147 e. The Balaban J connectivity index is 1.61. The lowest BCUT2D eigenvalue weighted by molar-refractivity contribution is -0.336. The van der Waals surface area contributed by atoms with Gasteiger partial charge in [0.05, 0.1) is 11.7 Å². The average Bonchev–Trinajstić information content (AvgIpc) is 2.88. The molecule has 0 aromatic carbocycles. The SMILES string of the molecule is CC1(C)OCO[C@@H]2CC[C@@]3(C)[C@@H](CC[C@H]4C[C@@H]5C[C@@]43CCC5=O)[C@@]21C. The van der Waals surface area contributed by atoms with Gasteiger partial charge in [-0.05, 0) is 81.5 Å². The topological polar surface area (TPSA) is 35.5 Å². The molecule has 1 aliphatic heterocycles. The van der Waals surface area contributed by atoms with Gasteiger partial charge in [-0.1, -0.05) is 13.8 Å². The predicted molar refractivity (Wildman–Crippen MR) is 96.0 cm³/mol. The van der Waals surface area contributed by atoms with E-state index in [1.165, 1.54) is 32.1 Å². The molecule has 1 heterocycles. The third kappa shape index (κ3) is 1.78. The molecule has 0 radical (unpaired) electrons. The lowest BCUT2D eigenvalue weighted by atomic mass is 9.37.